The number of carboxylic acid groups (broad SMARTS) is 3. The fourth-order valence-electron chi connectivity index (χ4n) is 0.577. The summed E-state index contributed by atoms with van der Waals surface area (Å²) in [6.45, 7) is 15.6. The maximum absolute atomic E-state index is 9.25. The van der Waals surface area contributed by atoms with E-state index in [4.69, 9.17) is 15.3 Å². The molecule has 0 aromatic carbocycles. The smallest absolute Gasteiger partial charge is 0.327 e. The van der Waals surface area contributed by atoms with Gasteiger partial charge in [-0.1, -0.05) is 53.3 Å². The highest BCUT2D eigenvalue weighted by molar-refractivity contribution is 5.79. The third kappa shape index (κ3) is 98.0. The first kappa shape index (κ1) is 27.1. The predicted octanol–water partition coefficient (Wildman–Crippen LogP) is 3.21. The molecule has 0 aliphatic heterocycles. The second-order valence-corrected chi connectivity index (χ2v) is 3.81. The fraction of sp³-hybridized carbons (Fsp3) is 0.400. The summed E-state index contributed by atoms with van der Waals surface area (Å²) in [7, 11) is 0. The summed E-state index contributed by atoms with van der Waals surface area (Å²) in [5.41, 5.74) is 0. The van der Waals surface area contributed by atoms with E-state index in [0.717, 1.165) is 24.1 Å². The molecule has 0 amide bonds. The Labute approximate surface area is 126 Å². The minimum absolute atomic E-state index is 0.833. The van der Waals surface area contributed by atoms with Crippen LogP contribution in [0.5, 0.6) is 0 Å². The number of rotatable bonds is 5. The summed E-state index contributed by atoms with van der Waals surface area (Å²) in [4.78, 5) is 27.8. The molecule has 0 aliphatic rings. The number of hydrogen-bond donors (Lipinski definition) is 3. The van der Waals surface area contributed by atoms with E-state index in [1.54, 1.807) is 0 Å². The normalized spacial score (nSPS) is 7.43. The van der Waals surface area contributed by atoms with E-state index < -0.39 is 17.9 Å². The number of hydrogen-bond acceptors (Lipinski definition) is 3. The summed E-state index contributed by atoms with van der Waals surface area (Å²) in [6, 6.07) is 0. The topological polar surface area (TPSA) is 112 Å². The lowest BCUT2D eigenvalue weighted by molar-refractivity contribution is -0.132. The molecule has 0 saturated heterocycles. The number of carbonyl (C=O) groups is 3. The van der Waals surface area contributed by atoms with Gasteiger partial charge in [-0.3, -0.25) is 0 Å². The van der Waals surface area contributed by atoms with Gasteiger partial charge < -0.3 is 15.3 Å². The molecule has 0 aliphatic carbocycles. The molecule has 0 bridgehead atoms. The van der Waals surface area contributed by atoms with E-state index in [-0.39, 0.29) is 0 Å². The van der Waals surface area contributed by atoms with Crippen LogP contribution in [0.3, 0.4) is 0 Å². The first-order valence-corrected chi connectivity index (χ1v) is 6.14. The molecule has 0 saturated carbocycles. The molecule has 6 nitrogen and oxygen atoms in total. The summed E-state index contributed by atoms with van der Waals surface area (Å²) in [5, 5.41) is 22.8. The third-order valence-corrected chi connectivity index (χ3v) is 1.39. The van der Waals surface area contributed by atoms with Crippen LogP contribution in [0.2, 0.25) is 0 Å². The zero-order valence-electron chi connectivity index (χ0n) is 12.9. The van der Waals surface area contributed by atoms with Crippen LogP contribution < -0.4 is 0 Å². The second kappa shape index (κ2) is 22.8. The Morgan fingerprint density at radius 2 is 1.05 bits per heavy atom. The van der Waals surface area contributed by atoms with Gasteiger partial charge in [-0.25, -0.2) is 14.4 Å². The monoisotopic (exact) mass is 302 g/mol. The average Bonchev–Trinajstić information content (AvgIpc) is 2.40. The van der Waals surface area contributed by atoms with Gasteiger partial charge in [0.15, 0.2) is 0 Å². The molecule has 0 unspecified atom stereocenters. The molecule has 0 spiro atoms. The van der Waals surface area contributed by atoms with Gasteiger partial charge >= 0.3 is 17.9 Å². The highest BCUT2D eigenvalue weighted by Crippen LogP contribution is 2.00. The molecule has 0 aromatic rings. The van der Waals surface area contributed by atoms with E-state index in [0.29, 0.717) is 0 Å². The Morgan fingerprint density at radius 3 is 1.05 bits per heavy atom. The maximum Gasteiger partial charge on any atom is 0.327 e. The highest BCUT2D eigenvalue weighted by atomic mass is 16.4. The summed E-state index contributed by atoms with van der Waals surface area (Å²) < 4.78 is 0. The zero-order valence-corrected chi connectivity index (χ0v) is 12.9. The first-order chi connectivity index (χ1) is 9.58. The van der Waals surface area contributed by atoms with Crippen LogP contribution >= 0.6 is 0 Å². The average molecular weight is 302 g/mol. The molecule has 21 heavy (non-hydrogen) atoms. The minimum Gasteiger partial charge on any atom is -0.478 e. The van der Waals surface area contributed by atoms with Crippen molar-refractivity contribution in [2.75, 3.05) is 0 Å². The van der Waals surface area contributed by atoms with Gasteiger partial charge in [0.2, 0.25) is 0 Å². The quantitative estimate of drug-likeness (QED) is 0.672. The van der Waals surface area contributed by atoms with Gasteiger partial charge in [-0.2, -0.15) is 0 Å². The predicted molar refractivity (Wildman–Crippen MR) is 83.2 cm³/mol. The summed E-state index contributed by atoms with van der Waals surface area (Å²) in [5.74, 6) is -2.05. The van der Waals surface area contributed by atoms with Crippen LogP contribution in [0.1, 0.15) is 33.6 Å². The van der Waals surface area contributed by atoms with E-state index in [1.165, 1.54) is 12.8 Å². The summed E-state index contributed by atoms with van der Waals surface area (Å²) >= 11 is 0. The Hall–Kier alpha value is -2.37. The first-order valence-electron chi connectivity index (χ1n) is 6.14. The van der Waals surface area contributed by atoms with E-state index in [9.17, 15) is 14.4 Å². The van der Waals surface area contributed by atoms with Crippen molar-refractivity contribution < 1.29 is 29.7 Å². The lowest BCUT2D eigenvalue weighted by Crippen LogP contribution is -1.82. The maximum atomic E-state index is 9.25. The lowest BCUT2D eigenvalue weighted by atomic mass is 10.1. The van der Waals surface area contributed by atoms with Crippen LogP contribution in [0.15, 0.2) is 38.0 Å². The molecular formula is C15H26O6. The number of aliphatic carboxylic acids is 3. The van der Waals surface area contributed by atoms with Crippen molar-refractivity contribution in [2.24, 2.45) is 5.92 Å². The molecular weight excluding hydrogens is 276 g/mol. The molecule has 0 heterocycles. The molecule has 0 radical (unpaired) electrons. The van der Waals surface area contributed by atoms with Crippen molar-refractivity contribution in [2.45, 2.75) is 33.6 Å². The van der Waals surface area contributed by atoms with Gasteiger partial charge in [0.25, 0.3) is 0 Å². The SMILES string of the molecule is C=CC(=O)O.C=CC(=O)O.C=CC(=O)O.CCCC(C)C. The Bertz CT molecular complexity index is 275. The van der Waals surface area contributed by atoms with Gasteiger partial charge in [0, 0.05) is 18.2 Å². The van der Waals surface area contributed by atoms with E-state index in [1.807, 2.05) is 0 Å². The molecule has 122 valence electrons. The van der Waals surface area contributed by atoms with Crippen molar-refractivity contribution in [3.63, 3.8) is 0 Å². The third-order valence-electron chi connectivity index (χ3n) is 1.39. The minimum atomic E-state index is -0.981. The van der Waals surface area contributed by atoms with Crippen LogP contribution in [0.4, 0.5) is 0 Å². The van der Waals surface area contributed by atoms with E-state index >= 15 is 0 Å². The van der Waals surface area contributed by atoms with Crippen molar-refractivity contribution in [1.82, 2.24) is 0 Å². The Morgan fingerprint density at radius 1 is 0.857 bits per heavy atom. The Balaban J connectivity index is -0.0000000921. The molecule has 0 rings (SSSR count). The van der Waals surface area contributed by atoms with Crippen molar-refractivity contribution in [3.8, 4) is 0 Å². The van der Waals surface area contributed by atoms with Crippen molar-refractivity contribution in [1.29, 1.82) is 0 Å². The number of carboxylic acids is 3. The largest absolute Gasteiger partial charge is 0.478 e. The molecule has 6 heteroatoms. The van der Waals surface area contributed by atoms with Crippen LogP contribution in [-0.4, -0.2) is 33.2 Å². The lowest BCUT2D eigenvalue weighted by Gasteiger charge is -1.95. The van der Waals surface area contributed by atoms with Gasteiger partial charge in [0.1, 0.15) is 0 Å². The van der Waals surface area contributed by atoms with Crippen LogP contribution in [0, 0.1) is 5.92 Å². The Kier molecular flexibility index (Phi) is 29.3. The standard InChI is InChI=1S/C6H14.3C3H4O2/c1-4-5-6(2)3;3*1-2-3(4)5/h6H,4-5H2,1-3H3;3*2H,1H2,(H,4,5). The van der Waals surface area contributed by atoms with Crippen LogP contribution in [0.25, 0.3) is 0 Å². The fourth-order valence-corrected chi connectivity index (χ4v) is 0.577. The zero-order chi connectivity index (χ0) is 17.8. The summed E-state index contributed by atoms with van der Waals surface area (Å²) in [6.07, 6.45) is 5.21. The molecule has 0 atom stereocenters. The second-order valence-electron chi connectivity index (χ2n) is 3.81. The molecule has 3 N–H and O–H groups in total. The van der Waals surface area contributed by atoms with Crippen molar-refractivity contribution in [3.05, 3.63) is 38.0 Å². The van der Waals surface area contributed by atoms with E-state index in [2.05, 4.69) is 40.5 Å². The van der Waals surface area contributed by atoms with Gasteiger partial charge in [-0.05, 0) is 5.92 Å². The highest BCUT2D eigenvalue weighted by Gasteiger charge is 1.85. The van der Waals surface area contributed by atoms with Gasteiger partial charge in [-0.15, -0.1) is 0 Å². The van der Waals surface area contributed by atoms with Crippen molar-refractivity contribution >= 4 is 17.9 Å². The molecule has 0 fully saturated rings. The van der Waals surface area contributed by atoms with Crippen LogP contribution in [-0.2, 0) is 14.4 Å². The van der Waals surface area contributed by atoms with Gasteiger partial charge in [0.05, 0.1) is 0 Å². The molecule has 0 aromatic heterocycles.